The Bertz CT molecular complexity index is 1020. The van der Waals surface area contributed by atoms with Crippen molar-refractivity contribution >= 4 is 5.91 Å². The fourth-order valence-electron chi connectivity index (χ4n) is 4.43. The van der Waals surface area contributed by atoms with Gasteiger partial charge in [0.05, 0.1) is 0 Å². The lowest BCUT2D eigenvalue weighted by atomic mass is 10.0. The highest BCUT2D eigenvalue weighted by Crippen LogP contribution is 2.19. The lowest BCUT2D eigenvalue weighted by molar-refractivity contribution is -0.135. The average Bonchev–Trinajstić information content (AvgIpc) is 3.11. The largest absolute Gasteiger partial charge is 0.339 e. The molecule has 1 aromatic heterocycles. The van der Waals surface area contributed by atoms with E-state index in [2.05, 4.69) is 44.7 Å². The average molecular weight is 451 g/mol. The molecule has 1 saturated heterocycles. The minimum atomic E-state index is -0.546. The van der Waals surface area contributed by atoms with Gasteiger partial charge in [0.1, 0.15) is 17.7 Å². The number of nitrogens with zero attached hydrogens (tertiary/aromatic N) is 6. The Hall–Kier alpha value is -3.13. The molecular weight excluding hydrogens is 419 g/mol. The molecule has 33 heavy (non-hydrogen) atoms. The summed E-state index contributed by atoms with van der Waals surface area (Å²) in [6, 6.07) is 16.3. The van der Waals surface area contributed by atoms with Crippen LogP contribution in [0.15, 0.2) is 54.6 Å². The van der Waals surface area contributed by atoms with E-state index in [-0.39, 0.29) is 11.7 Å². The van der Waals surface area contributed by atoms with Gasteiger partial charge in [0.15, 0.2) is 0 Å². The van der Waals surface area contributed by atoms with E-state index in [1.54, 1.807) is 23.7 Å². The summed E-state index contributed by atoms with van der Waals surface area (Å²) >= 11 is 0. The zero-order chi connectivity index (χ0) is 23.0. The number of halogens is 1. The highest BCUT2D eigenvalue weighted by Gasteiger charge is 2.30. The Morgan fingerprint density at radius 2 is 1.79 bits per heavy atom. The van der Waals surface area contributed by atoms with Crippen LogP contribution in [0.4, 0.5) is 4.39 Å². The molecule has 1 fully saturated rings. The van der Waals surface area contributed by atoms with Crippen LogP contribution in [-0.4, -0.2) is 68.6 Å². The van der Waals surface area contributed by atoms with Gasteiger partial charge in [-0.25, -0.2) is 9.07 Å². The first-order valence-electron chi connectivity index (χ1n) is 11.6. The van der Waals surface area contributed by atoms with E-state index in [1.165, 1.54) is 17.7 Å². The Morgan fingerprint density at radius 1 is 1.00 bits per heavy atom. The van der Waals surface area contributed by atoms with E-state index in [1.807, 2.05) is 11.0 Å². The maximum absolute atomic E-state index is 13.6. The maximum Gasteiger partial charge on any atom is 0.247 e. The van der Waals surface area contributed by atoms with Crippen LogP contribution in [0.25, 0.3) is 0 Å². The van der Waals surface area contributed by atoms with Gasteiger partial charge in [-0.2, -0.15) is 0 Å². The van der Waals surface area contributed by atoms with Crippen LogP contribution in [0.5, 0.6) is 0 Å². The van der Waals surface area contributed by atoms with Crippen LogP contribution in [0.3, 0.4) is 0 Å². The first-order chi connectivity index (χ1) is 16.1. The fourth-order valence-corrected chi connectivity index (χ4v) is 4.43. The number of amides is 1. The molecule has 174 valence electrons. The summed E-state index contributed by atoms with van der Waals surface area (Å²) in [6.45, 7) is 6.08. The summed E-state index contributed by atoms with van der Waals surface area (Å²) in [5, 5.41) is 11.8. The maximum atomic E-state index is 13.6. The van der Waals surface area contributed by atoms with Crippen molar-refractivity contribution in [2.45, 2.75) is 38.6 Å². The summed E-state index contributed by atoms with van der Waals surface area (Å²) in [5.41, 5.74) is 2.24. The molecule has 1 unspecified atom stereocenters. The molecule has 0 radical (unpaired) electrons. The molecule has 0 saturated carbocycles. The Morgan fingerprint density at radius 3 is 2.52 bits per heavy atom. The van der Waals surface area contributed by atoms with E-state index in [0.717, 1.165) is 51.0 Å². The van der Waals surface area contributed by atoms with Gasteiger partial charge < -0.3 is 9.80 Å². The minimum absolute atomic E-state index is 0.0147. The number of tetrazole rings is 1. The molecule has 8 heteroatoms. The highest BCUT2D eigenvalue weighted by molar-refractivity contribution is 5.80. The summed E-state index contributed by atoms with van der Waals surface area (Å²) in [5.74, 6) is 0.314. The molecule has 1 aliphatic heterocycles. The second-order valence-electron chi connectivity index (χ2n) is 8.63. The van der Waals surface area contributed by atoms with Crippen molar-refractivity contribution in [1.82, 2.24) is 30.0 Å². The Labute approximate surface area is 194 Å². The van der Waals surface area contributed by atoms with Crippen molar-refractivity contribution in [2.24, 2.45) is 0 Å². The van der Waals surface area contributed by atoms with Crippen LogP contribution in [-0.2, 0) is 17.6 Å². The number of aryl methyl sites for hydroxylation is 2. The molecular formula is C25H31FN6O. The SMILES string of the molecule is Cc1nnnn1C(Cc1ccc(F)cc1)C(=O)N1CCCN(CCCc2ccccc2)CC1. The van der Waals surface area contributed by atoms with Crippen LogP contribution in [0.2, 0.25) is 0 Å². The lowest BCUT2D eigenvalue weighted by Crippen LogP contribution is -2.41. The predicted molar refractivity (Wildman–Crippen MR) is 124 cm³/mol. The normalized spacial score (nSPS) is 15.9. The number of hydrogen-bond acceptors (Lipinski definition) is 5. The molecule has 4 rings (SSSR count). The topological polar surface area (TPSA) is 67.2 Å². The minimum Gasteiger partial charge on any atom is -0.339 e. The van der Waals surface area contributed by atoms with Gasteiger partial charge in [-0.15, -0.1) is 5.10 Å². The van der Waals surface area contributed by atoms with Gasteiger partial charge in [0, 0.05) is 26.1 Å². The lowest BCUT2D eigenvalue weighted by Gasteiger charge is -2.27. The van der Waals surface area contributed by atoms with E-state index in [0.29, 0.717) is 18.8 Å². The first-order valence-corrected chi connectivity index (χ1v) is 11.6. The van der Waals surface area contributed by atoms with Gasteiger partial charge in [-0.1, -0.05) is 42.5 Å². The molecule has 1 atom stereocenters. The first kappa shape index (κ1) is 23.0. The van der Waals surface area contributed by atoms with Gasteiger partial charge >= 0.3 is 0 Å². The van der Waals surface area contributed by atoms with E-state index in [9.17, 15) is 9.18 Å². The monoisotopic (exact) mass is 450 g/mol. The van der Waals surface area contributed by atoms with Crippen LogP contribution < -0.4 is 0 Å². The molecule has 2 heterocycles. The van der Waals surface area contributed by atoms with Gasteiger partial charge in [0.25, 0.3) is 0 Å². The number of benzene rings is 2. The third kappa shape index (κ3) is 6.22. The second kappa shape index (κ2) is 11.1. The molecule has 7 nitrogen and oxygen atoms in total. The van der Waals surface area contributed by atoms with Gasteiger partial charge in [-0.05, 0) is 73.0 Å². The van der Waals surface area contributed by atoms with Crippen molar-refractivity contribution in [2.75, 3.05) is 32.7 Å². The zero-order valence-corrected chi connectivity index (χ0v) is 19.1. The van der Waals surface area contributed by atoms with Gasteiger partial charge in [-0.3, -0.25) is 4.79 Å². The van der Waals surface area contributed by atoms with E-state index >= 15 is 0 Å². The highest BCUT2D eigenvalue weighted by atomic mass is 19.1. The Kier molecular flexibility index (Phi) is 7.78. The third-order valence-corrected chi connectivity index (χ3v) is 6.26. The summed E-state index contributed by atoms with van der Waals surface area (Å²) in [6.07, 6.45) is 3.53. The van der Waals surface area contributed by atoms with Crippen LogP contribution >= 0.6 is 0 Å². The van der Waals surface area contributed by atoms with E-state index in [4.69, 9.17) is 0 Å². The number of hydrogen-bond donors (Lipinski definition) is 0. The van der Waals surface area contributed by atoms with Crippen molar-refractivity contribution in [1.29, 1.82) is 0 Å². The molecule has 1 amide bonds. The molecule has 3 aromatic rings. The van der Waals surface area contributed by atoms with Crippen LogP contribution in [0.1, 0.15) is 35.8 Å². The zero-order valence-electron chi connectivity index (χ0n) is 19.1. The molecule has 2 aromatic carbocycles. The summed E-state index contributed by atoms with van der Waals surface area (Å²) in [4.78, 5) is 18.0. The van der Waals surface area contributed by atoms with Crippen molar-refractivity contribution in [3.8, 4) is 0 Å². The van der Waals surface area contributed by atoms with Gasteiger partial charge in [0.2, 0.25) is 5.91 Å². The molecule has 0 N–H and O–H groups in total. The summed E-state index contributed by atoms with van der Waals surface area (Å²) in [7, 11) is 0. The molecule has 0 aliphatic carbocycles. The molecule has 0 bridgehead atoms. The number of carbonyl (C=O) groups excluding carboxylic acids is 1. The smallest absolute Gasteiger partial charge is 0.247 e. The number of aromatic nitrogens is 4. The number of carbonyl (C=O) groups is 1. The molecule has 0 spiro atoms. The predicted octanol–water partition coefficient (Wildman–Crippen LogP) is 3.07. The quantitative estimate of drug-likeness (QED) is 0.528. The van der Waals surface area contributed by atoms with Crippen LogP contribution in [0, 0.1) is 12.7 Å². The van der Waals surface area contributed by atoms with Crippen molar-refractivity contribution < 1.29 is 9.18 Å². The standard InChI is InChI=1S/C25H31FN6O/c1-20-27-28-29-32(20)24(19-22-10-12-23(26)13-11-22)25(33)31-16-6-15-30(17-18-31)14-5-9-21-7-3-2-4-8-21/h2-4,7-8,10-13,24H,5-6,9,14-19H2,1H3. The second-order valence-corrected chi connectivity index (χ2v) is 8.63. The third-order valence-electron chi connectivity index (χ3n) is 6.26. The number of rotatable bonds is 8. The van der Waals surface area contributed by atoms with Crippen molar-refractivity contribution in [3.63, 3.8) is 0 Å². The van der Waals surface area contributed by atoms with Crippen molar-refractivity contribution in [3.05, 3.63) is 77.4 Å². The summed E-state index contributed by atoms with van der Waals surface area (Å²) < 4.78 is 15.0. The van der Waals surface area contributed by atoms with E-state index < -0.39 is 6.04 Å². The Balaban J connectivity index is 1.38. The molecule has 1 aliphatic rings. The fraction of sp³-hybridized carbons (Fsp3) is 0.440.